The van der Waals surface area contributed by atoms with E-state index in [1.807, 2.05) is 24.3 Å². The van der Waals surface area contributed by atoms with Gasteiger partial charge in [0, 0.05) is 12.4 Å². The summed E-state index contributed by atoms with van der Waals surface area (Å²) in [4.78, 5) is 8.40. The molecule has 3 rings (SSSR count). The molecule has 0 bridgehead atoms. The van der Waals surface area contributed by atoms with Crippen molar-refractivity contribution >= 4 is 34.3 Å². The summed E-state index contributed by atoms with van der Waals surface area (Å²) in [6.45, 7) is 0. The van der Waals surface area contributed by atoms with Gasteiger partial charge in [-0.25, -0.2) is 14.6 Å². The minimum absolute atomic E-state index is 0.214. The van der Waals surface area contributed by atoms with Crippen LogP contribution in [0.25, 0.3) is 10.9 Å². The Bertz CT molecular complexity index is 712. The number of tetrazole rings is 1. The summed E-state index contributed by atoms with van der Waals surface area (Å²) < 4.78 is 1.58. The first-order valence-electron chi connectivity index (χ1n) is 5.06. The highest BCUT2D eigenvalue weighted by Gasteiger charge is 2.11. The highest BCUT2D eigenvalue weighted by molar-refractivity contribution is 7.99. The zero-order valence-corrected chi connectivity index (χ0v) is 10.9. The third kappa shape index (κ3) is 2.02. The summed E-state index contributed by atoms with van der Waals surface area (Å²) in [7, 11) is 1.77. The molecule has 0 saturated heterocycles. The van der Waals surface area contributed by atoms with Crippen LogP contribution in [0, 0.1) is 0 Å². The first kappa shape index (κ1) is 11.4. The summed E-state index contributed by atoms with van der Waals surface area (Å²) in [6.07, 6.45) is 0. The molecule has 0 aliphatic heterocycles. The van der Waals surface area contributed by atoms with E-state index in [9.17, 15) is 0 Å². The zero-order chi connectivity index (χ0) is 12.5. The van der Waals surface area contributed by atoms with Crippen LogP contribution in [0.2, 0.25) is 5.28 Å². The van der Waals surface area contributed by atoms with Crippen molar-refractivity contribution in [1.82, 2.24) is 30.2 Å². The predicted octanol–water partition coefficient (Wildman–Crippen LogP) is 1.96. The molecule has 2 heterocycles. The van der Waals surface area contributed by atoms with E-state index in [4.69, 9.17) is 11.6 Å². The quantitative estimate of drug-likeness (QED) is 0.527. The average Bonchev–Trinajstić information content (AvgIpc) is 2.75. The van der Waals surface area contributed by atoms with Crippen molar-refractivity contribution in [3.8, 4) is 0 Å². The highest BCUT2D eigenvalue weighted by Crippen LogP contribution is 2.30. The fourth-order valence-electron chi connectivity index (χ4n) is 1.49. The molecule has 18 heavy (non-hydrogen) atoms. The van der Waals surface area contributed by atoms with Gasteiger partial charge in [-0.15, -0.1) is 5.10 Å². The van der Waals surface area contributed by atoms with Gasteiger partial charge in [-0.2, -0.15) is 0 Å². The molecule has 0 unspecified atom stereocenters. The van der Waals surface area contributed by atoms with E-state index in [0.29, 0.717) is 5.16 Å². The molecule has 90 valence electrons. The molecular formula is C10H7ClN6S. The molecule has 2 aromatic heterocycles. The van der Waals surface area contributed by atoms with Crippen LogP contribution in [-0.4, -0.2) is 30.2 Å². The normalized spacial score (nSPS) is 11.0. The smallest absolute Gasteiger partial charge is 0.223 e. The minimum Gasteiger partial charge on any atom is -0.223 e. The van der Waals surface area contributed by atoms with Crippen molar-refractivity contribution in [2.75, 3.05) is 0 Å². The van der Waals surface area contributed by atoms with Crippen molar-refractivity contribution in [3.05, 3.63) is 29.5 Å². The maximum atomic E-state index is 5.91. The van der Waals surface area contributed by atoms with E-state index >= 15 is 0 Å². The fourth-order valence-corrected chi connectivity index (χ4v) is 2.55. The Balaban J connectivity index is 2.14. The molecule has 3 aromatic rings. The van der Waals surface area contributed by atoms with E-state index < -0.39 is 0 Å². The van der Waals surface area contributed by atoms with E-state index in [1.54, 1.807) is 11.7 Å². The van der Waals surface area contributed by atoms with Crippen LogP contribution in [0.4, 0.5) is 0 Å². The number of fused-ring (bicyclic) bond motifs is 1. The summed E-state index contributed by atoms with van der Waals surface area (Å²) in [5.74, 6) is 0. The Labute approximate surface area is 111 Å². The summed E-state index contributed by atoms with van der Waals surface area (Å²) >= 11 is 7.27. The predicted molar refractivity (Wildman–Crippen MR) is 67.5 cm³/mol. The van der Waals surface area contributed by atoms with Gasteiger partial charge in [-0.1, -0.05) is 18.2 Å². The Kier molecular flexibility index (Phi) is 2.85. The number of nitrogens with zero attached hydrogens (tertiary/aromatic N) is 6. The van der Waals surface area contributed by atoms with Gasteiger partial charge in [-0.3, -0.25) is 0 Å². The van der Waals surface area contributed by atoms with Gasteiger partial charge in [-0.05, 0) is 39.9 Å². The largest absolute Gasteiger partial charge is 0.224 e. The number of hydrogen-bond acceptors (Lipinski definition) is 6. The van der Waals surface area contributed by atoms with Crippen LogP contribution in [0.1, 0.15) is 0 Å². The van der Waals surface area contributed by atoms with Crippen LogP contribution in [-0.2, 0) is 7.05 Å². The third-order valence-corrected chi connectivity index (χ3v) is 3.51. The molecular weight excluding hydrogens is 272 g/mol. The van der Waals surface area contributed by atoms with Crippen molar-refractivity contribution in [2.24, 2.45) is 7.05 Å². The molecule has 0 saturated carbocycles. The second-order valence-electron chi connectivity index (χ2n) is 3.50. The van der Waals surface area contributed by atoms with Crippen LogP contribution in [0.3, 0.4) is 0 Å². The summed E-state index contributed by atoms with van der Waals surface area (Å²) in [5, 5.41) is 13.8. The lowest BCUT2D eigenvalue weighted by molar-refractivity contribution is 0.664. The lowest BCUT2D eigenvalue weighted by Crippen LogP contribution is -1.95. The number of aryl methyl sites for hydroxylation is 1. The Morgan fingerprint density at radius 3 is 2.83 bits per heavy atom. The average molecular weight is 279 g/mol. The lowest BCUT2D eigenvalue weighted by atomic mass is 10.2. The Hall–Kier alpha value is -1.73. The topological polar surface area (TPSA) is 69.4 Å². The number of rotatable bonds is 2. The van der Waals surface area contributed by atoms with E-state index in [-0.39, 0.29) is 5.28 Å². The van der Waals surface area contributed by atoms with Crippen LogP contribution in [0.15, 0.2) is 34.4 Å². The standard InChI is InChI=1S/C10H7ClN6S/c1-17-10(14-15-16-17)18-8-6-4-2-3-5-7(6)12-9(11)13-8/h2-5H,1H3. The van der Waals surface area contributed by atoms with Crippen molar-refractivity contribution in [1.29, 1.82) is 0 Å². The van der Waals surface area contributed by atoms with E-state index in [1.165, 1.54) is 11.8 Å². The fraction of sp³-hybridized carbons (Fsp3) is 0.100. The van der Waals surface area contributed by atoms with Gasteiger partial charge in [0.25, 0.3) is 0 Å². The Morgan fingerprint density at radius 1 is 1.22 bits per heavy atom. The second-order valence-corrected chi connectivity index (χ2v) is 4.80. The molecule has 1 aromatic carbocycles. The van der Waals surface area contributed by atoms with Crippen LogP contribution in [0.5, 0.6) is 0 Å². The lowest BCUT2D eigenvalue weighted by Gasteiger charge is -2.04. The maximum Gasteiger partial charge on any atom is 0.224 e. The van der Waals surface area contributed by atoms with E-state index in [2.05, 4.69) is 25.5 Å². The van der Waals surface area contributed by atoms with Gasteiger partial charge in [0.2, 0.25) is 10.4 Å². The molecule has 0 aliphatic carbocycles. The molecule has 0 atom stereocenters. The molecule has 0 N–H and O–H groups in total. The number of halogens is 1. The second kappa shape index (κ2) is 4.51. The minimum atomic E-state index is 0.214. The first-order valence-corrected chi connectivity index (χ1v) is 6.26. The van der Waals surface area contributed by atoms with Gasteiger partial charge >= 0.3 is 0 Å². The summed E-state index contributed by atoms with van der Waals surface area (Å²) in [6, 6.07) is 7.67. The first-order chi connectivity index (χ1) is 8.74. The number of aromatic nitrogens is 6. The SMILES string of the molecule is Cn1nnnc1Sc1nc(Cl)nc2ccccc12. The third-order valence-electron chi connectivity index (χ3n) is 2.31. The molecule has 0 aliphatic rings. The maximum absolute atomic E-state index is 5.91. The Morgan fingerprint density at radius 2 is 2.06 bits per heavy atom. The summed E-state index contributed by atoms with van der Waals surface area (Å²) in [5.41, 5.74) is 0.801. The molecule has 0 radical (unpaired) electrons. The highest BCUT2D eigenvalue weighted by atomic mass is 35.5. The number of hydrogen-bond donors (Lipinski definition) is 0. The van der Waals surface area contributed by atoms with Gasteiger partial charge in [0.15, 0.2) is 0 Å². The molecule has 6 nitrogen and oxygen atoms in total. The number of para-hydroxylation sites is 1. The van der Waals surface area contributed by atoms with Crippen LogP contribution >= 0.6 is 23.4 Å². The molecule has 0 fully saturated rings. The van der Waals surface area contributed by atoms with Crippen molar-refractivity contribution < 1.29 is 0 Å². The van der Waals surface area contributed by atoms with Gasteiger partial charge in [0.1, 0.15) is 5.03 Å². The molecule has 0 amide bonds. The monoisotopic (exact) mass is 278 g/mol. The number of benzene rings is 1. The molecule has 0 spiro atoms. The van der Waals surface area contributed by atoms with Crippen molar-refractivity contribution in [2.45, 2.75) is 10.2 Å². The zero-order valence-electron chi connectivity index (χ0n) is 9.28. The van der Waals surface area contributed by atoms with Crippen molar-refractivity contribution in [3.63, 3.8) is 0 Å². The van der Waals surface area contributed by atoms with Gasteiger partial charge in [0.05, 0.1) is 5.52 Å². The van der Waals surface area contributed by atoms with Crippen LogP contribution < -0.4 is 0 Å². The molecule has 8 heteroatoms. The van der Waals surface area contributed by atoms with E-state index in [0.717, 1.165) is 15.9 Å². The van der Waals surface area contributed by atoms with Gasteiger partial charge < -0.3 is 0 Å².